The molecule has 6 rings (SSSR count). The molecule has 0 saturated carbocycles. The number of hydrogen-bond donors (Lipinski definition) is 0. The summed E-state index contributed by atoms with van der Waals surface area (Å²) < 4.78 is 0. The summed E-state index contributed by atoms with van der Waals surface area (Å²) in [6.45, 7) is 8.83. The Hall–Kier alpha value is -3.21. The molecular formula is C35H39N3S. The van der Waals surface area contributed by atoms with E-state index in [1.54, 1.807) is 0 Å². The van der Waals surface area contributed by atoms with Gasteiger partial charge in [-0.25, -0.2) is 4.99 Å². The van der Waals surface area contributed by atoms with Crippen molar-refractivity contribution in [1.29, 1.82) is 0 Å². The zero-order valence-electron chi connectivity index (χ0n) is 23.2. The minimum atomic E-state index is 0.496. The lowest BCUT2D eigenvalue weighted by Gasteiger charge is -2.43. The molecule has 1 atom stereocenters. The second-order valence-corrected chi connectivity index (χ2v) is 12.4. The summed E-state index contributed by atoms with van der Waals surface area (Å²) >= 11 is 1.98. The molecule has 2 aliphatic heterocycles. The number of piperazine rings is 1. The van der Waals surface area contributed by atoms with Crippen LogP contribution in [0.3, 0.4) is 0 Å². The van der Waals surface area contributed by atoms with Crippen LogP contribution in [0.1, 0.15) is 58.2 Å². The van der Waals surface area contributed by atoms with Gasteiger partial charge in [-0.05, 0) is 54.0 Å². The Morgan fingerprint density at radius 2 is 1.54 bits per heavy atom. The van der Waals surface area contributed by atoms with Gasteiger partial charge in [0.05, 0.1) is 5.69 Å². The van der Waals surface area contributed by atoms with E-state index in [0.29, 0.717) is 12.0 Å². The van der Waals surface area contributed by atoms with Crippen molar-refractivity contribution in [3.8, 4) is 0 Å². The SMILES string of the molecule is CC(C)c1cc2c(s1)Cc1ccccc1N=C2N1CCN(CCc2ccccc2)[C@@H](CCc2ccccc2)C1. The number of nitrogens with zero attached hydrogens (tertiary/aromatic N) is 3. The minimum absolute atomic E-state index is 0.496. The summed E-state index contributed by atoms with van der Waals surface area (Å²) in [6.07, 6.45) is 4.35. The van der Waals surface area contributed by atoms with Gasteiger partial charge in [0.2, 0.25) is 0 Å². The van der Waals surface area contributed by atoms with E-state index >= 15 is 0 Å². The molecule has 0 spiro atoms. The lowest BCUT2D eigenvalue weighted by atomic mass is 10.00. The highest BCUT2D eigenvalue weighted by Gasteiger charge is 2.31. The van der Waals surface area contributed by atoms with Crippen molar-refractivity contribution in [2.45, 2.75) is 51.5 Å². The summed E-state index contributed by atoms with van der Waals surface area (Å²) in [7, 11) is 0. The van der Waals surface area contributed by atoms with E-state index in [1.807, 2.05) is 11.3 Å². The molecule has 4 heteroatoms. The number of aliphatic imine (C=N–C) groups is 1. The first-order chi connectivity index (χ1) is 19.1. The van der Waals surface area contributed by atoms with Crippen LogP contribution in [0.25, 0.3) is 0 Å². The largest absolute Gasteiger partial charge is 0.353 e. The number of thiophene rings is 1. The zero-order chi connectivity index (χ0) is 26.6. The number of aryl methyl sites for hydroxylation is 1. The second kappa shape index (κ2) is 11.9. The molecule has 3 heterocycles. The maximum Gasteiger partial charge on any atom is 0.137 e. The van der Waals surface area contributed by atoms with Gasteiger partial charge in [-0.15, -0.1) is 11.3 Å². The third-order valence-electron chi connectivity index (χ3n) is 8.25. The predicted octanol–water partition coefficient (Wildman–Crippen LogP) is 7.72. The fourth-order valence-electron chi connectivity index (χ4n) is 5.96. The molecule has 2 aliphatic rings. The van der Waals surface area contributed by atoms with Gasteiger partial charge in [-0.3, -0.25) is 4.90 Å². The van der Waals surface area contributed by atoms with E-state index in [0.717, 1.165) is 57.5 Å². The van der Waals surface area contributed by atoms with E-state index in [1.165, 1.54) is 37.8 Å². The van der Waals surface area contributed by atoms with Crippen molar-refractivity contribution in [2.75, 3.05) is 26.2 Å². The van der Waals surface area contributed by atoms with Crippen molar-refractivity contribution in [1.82, 2.24) is 9.80 Å². The lowest BCUT2D eigenvalue weighted by molar-refractivity contribution is 0.107. The van der Waals surface area contributed by atoms with E-state index in [9.17, 15) is 0 Å². The third-order valence-corrected chi connectivity index (χ3v) is 9.69. The Balaban J connectivity index is 1.28. The van der Waals surface area contributed by atoms with E-state index in [-0.39, 0.29) is 0 Å². The highest BCUT2D eigenvalue weighted by Crippen LogP contribution is 2.37. The van der Waals surface area contributed by atoms with Gasteiger partial charge >= 0.3 is 0 Å². The molecule has 0 radical (unpaired) electrons. The topological polar surface area (TPSA) is 18.8 Å². The monoisotopic (exact) mass is 533 g/mol. The number of para-hydroxylation sites is 1. The van der Waals surface area contributed by atoms with Gasteiger partial charge < -0.3 is 4.90 Å². The van der Waals surface area contributed by atoms with Crippen LogP contribution in [0.4, 0.5) is 5.69 Å². The fraction of sp³-hybridized carbons (Fsp3) is 0.343. The number of hydrogen-bond acceptors (Lipinski definition) is 4. The van der Waals surface area contributed by atoms with E-state index in [2.05, 4.69) is 115 Å². The van der Waals surface area contributed by atoms with Gasteiger partial charge in [0.25, 0.3) is 0 Å². The molecular weight excluding hydrogens is 494 g/mol. The molecule has 200 valence electrons. The van der Waals surface area contributed by atoms with Crippen LogP contribution >= 0.6 is 11.3 Å². The van der Waals surface area contributed by atoms with Crippen LogP contribution in [0, 0.1) is 0 Å². The van der Waals surface area contributed by atoms with Crippen LogP contribution in [0.2, 0.25) is 0 Å². The second-order valence-electron chi connectivity index (χ2n) is 11.3. The third kappa shape index (κ3) is 6.03. The molecule has 0 aliphatic carbocycles. The Kier molecular flexibility index (Phi) is 7.94. The summed E-state index contributed by atoms with van der Waals surface area (Å²) in [5, 5.41) is 0. The van der Waals surface area contributed by atoms with Gasteiger partial charge in [0.1, 0.15) is 5.84 Å². The van der Waals surface area contributed by atoms with Gasteiger partial charge in [-0.1, -0.05) is 92.7 Å². The zero-order valence-corrected chi connectivity index (χ0v) is 24.0. The molecule has 39 heavy (non-hydrogen) atoms. The van der Waals surface area contributed by atoms with Crippen LogP contribution in [-0.4, -0.2) is 47.9 Å². The van der Waals surface area contributed by atoms with Crippen molar-refractivity contribution < 1.29 is 0 Å². The standard InChI is InChI=1S/C35H39N3S/c1-26(2)33-24-31-34(39-33)23-29-15-9-10-16-32(29)36-35(31)38-22-21-37(20-19-28-13-7-4-8-14-28)30(25-38)18-17-27-11-5-3-6-12-27/h3-16,24,26,30H,17-23,25H2,1-2H3/t30-/m0/s1. The highest BCUT2D eigenvalue weighted by atomic mass is 32.1. The highest BCUT2D eigenvalue weighted by molar-refractivity contribution is 7.12. The molecule has 3 nitrogen and oxygen atoms in total. The molecule has 0 unspecified atom stereocenters. The van der Waals surface area contributed by atoms with E-state index < -0.39 is 0 Å². The van der Waals surface area contributed by atoms with Crippen LogP contribution in [0.15, 0.2) is 96.0 Å². The lowest BCUT2D eigenvalue weighted by Crippen LogP contribution is -2.55. The van der Waals surface area contributed by atoms with Crippen molar-refractivity contribution >= 4 is 22.9 Å². The molecule has 1 aromatic heterocycles. The Bertz CT molecular complexity index is 1410. The van der Waals surface area contributed by atoms with Crippen LogP contribution in [-0.2, 0) is 19.3 Å². The van der Waals surface area contributed by atoms with Crippen molar-refractivity contribution in [3.63, 3.8) is 0 Å². The Morgan fingerprint density at radius 1 is 0.846 bits per heavy atom. The van der Waals surface area contributed by atoms with Gasteiger partial charge in [0, 0.05) is 54.0 Å². The Morgan fingerprint density at radius 3 is 2.28 bits per heavy atom. The first-order valence-electron chi connectivity index (χ1n) is 14.5. The fourth-order valence-corrected chi connectivity index (χ4v) is 7.15. The molecule has 0 bridgehead atoms. The molecule has 3 aromatic carbocycles. The van der Waals surface area contributed by atoms with Gasteiger partial charge in [-0.2, -0.15) is 0 Å². The Labute approximate surface area is 237 Å². The van der Waals surface area contributed by atoms with Crippen molar-refractivity contribution in [2.24, 2.45) is 4.99 Å². The molecule has 1 fully saturated rings. The minimum Gasteiger partial charge on any atom is -0.353 e. The first-order valence-corrected chi connectivity index (χ1v) is 15.3. The summed E-state index contributed by atoms with van der Waals surface area (Å²) in [6, 6.07) is 33.6. The molecule has 1 saturated heterocycles. The smallest absolute Gasteiger partial charge is 0.137 e. The number of benzene rings is 3. The summed E-state index contributed by atoms with van der Waals surface area (Å²) in [5.74, 6) is 1.72. The maximum absolute atomic E-state index is 5.38. The average Bonchev–Trinajstić information content (AvgIpc) is 3.33. The summed E-state index contributed by atoms with van der Waals surface area (Å²) in [4.78, 5) is 13.7. The molecule has 4 aromatic rings. The normalized spacial score (nSPS) is 17.5. The van der Waals surface area contributed by atoms with Crippen molar-refractivity contribution in [3.05, 3.63) is 123 Å². The molecule has 0 amide bonds. The predicted molar refractivity (Wildman–Crippen MR) is 166 cm³/mol. The number of amidine groups is 1. The van der Waals surface area contributed by atoms with Crippen LogP contribution in [0.5, 0.6) is 0 Å². The van der Waals surface area contributed by atoms with E-state index in [4.69, 9.17) is 4.99 Å². The quantitative estimate of drug-likeness (QED) is 0.242. The number of fused-ring (bicyclic) bond motifs is 2. The first kappa shape index (κ1) is 26.0. The number of rotatable bonds is 7. The average molecular weight is 534 g/mol. The van der Waals surface area contributed by atoms with Crippen LogP contribution < -0.4 is 0 Å². The maximum atomic E-state index is 5.38. The molecule has 0 N–H and O–H groups in total. The van der Waals surface area contributed by atoms with Gasteiger partial charge in [0.15, 0.2) is 0 Å². The summed E-state index contributed by atoms with van der Waals surface area (Å²) in [5.41, 5.74) is 6.69.